The van der Waals surface area contributed by atoms with Crippen LogP contribution in [0.4, 0.5) is 10.5 Å². The molecule has 0 atom stereocenters. The first kappa shape index (κ1) is 19.7. The van der Waals surface area contributed by atoms with E-state index in [4.69, 9.17) is 4.74 Å². The summed E-state index contributed by atoms with van der Waals surface area (Å²) >= 11 is 0. The van der Waals surface area contributed by atoms with Crippen molar-refractivity contribution in [1.82, 2.24) is 15.2 Å². The fourth-order valence-electron chi connectivity index (χ4n) is 3.23. The van der Waals surface area contributed by atoms with Crippen molar-refractivity contribution in [2.45, 2.75) is 19.8 Å². The number of carbonyl (C=O) groups is 2. The Hall–Kier alpha value is -3.09. The van der Waals surface area contributed by atoms with Gasteiger partial charge in [-0.3, -0.25) is 9.78 Å². The summed E-state index contributed by atoms with van der Waals surface area (Å²) in [5.41, 5.74) is 1.34. The number of nitrogens with one attached hydrogen (secondary N) is 2. The van der Waals surface area contributed by atoms with Gasteiger partial charge in [0.15, 0.2) is 0 Å². The van der Waals surface area contributed by atoms with Gasteiger partial charge in [0.25, 0.3) is 5.91 Å². The molecule has 7 nitrogen and oxygen atoms in total. The lowest BCUT2D eigenvalue weighted by molar-refractivity contribution is 0.0690. The van der Waals surface area contributed by atoms with Crippen molar-refractivity contribution in [1.29, 1.82) is 0 Å². The molecule has 148 valence electrons. The van der Waals surface area contributed by atoms with Crippen LogP contribution in [0.15, 0.2) is 48.8 Å². The highest BCUT2D eigenvalue weighted by Crippen LogP contribution is 2.19. The lowest BCUT2D eigenvalue weighted by atomic mass is 9.96. The van der Waals surface area contributed by atoms with Crippen molar-refractivity contribution in [2.24, 2.45) is 5.92 Å². The average molecular weight is 382 g/mol. The number of pyridine rings is 1. The Morgan fingerprint density at radius 2 is 1.93 bits per heavy atom. The number of ether oxygens (including phenoxy) is 1. The number of benzene rings is 1. The third kappa shape index (κ3) is 5.45. The molecule has 2 heterocycles. The summed E-state index contributed by atoms with van der Waals surface area (Å²) in [6.45, 7) is 4.53. The summed E-state index contributed by atoms with van der Waals surface area (Å²) in [5.74, 6) is 1.16. The summed E-state index contributed by atoms with van der Waals surface area (Å²) in [4.78, 5) is 30.4. The number of likely N-dealkylation sites (tertiary alicyclic amines) is 1. The maximum atomic E-state index is 12.4. The zero-order valence-corrected chi connectivity index (χ0v) is 16.1. The molecule has 1 saturated heterocycles. The largest absolute Gasteiger partial charge is 0.494 e. The number of aromatic nitrogens is 1. The molecule has 0 spiro atoms. The van der Waals surface area contributed by atoms with E-state index >= 15 is 0 Å². The number of carbonyl (C=O) groups excluding carboxylic acids is 2. The van der Waals surface area contributed by atoms with Gasteiger partial charge in [-0.05, 0) is 62.1 Å². The Morgan fingerprint density at radius 1 is 1.18 bits per heavy atom. The number of rotatable bonds is 6. The number of nitrogens with zero attached hydrogens (tertiary/aromatic N) is 2. The van der Waals surface area contributed by atoms with Crippen LogP contribution in [-0.2, 0) is 0 Å². The van der Waals surface area contributed by atoms with Crippen LogP contribution in [0.1, 0.15) is 30.1 Å². The quantitative estimate of drug-likeness (QED) is 0.804. The second-order valence-corrected chi connectivity index (χ2v) is 6.77. The Bertz CT molecular complexity index is 772. The van der Waals surface area contributed by atoms with Crippen LogP contribution in [0.5, 0.6) is 5.75 Å². The molecule has 1 aromatic carbocycles. The molecule has 0 unspecified atom stereocenters. The summed E-state index contributed by atoms with van der Waals surface area (Å²) in [7, 11) is 0. The van der Waals surface area contributed by atoms with E-state index in [2.05, 4.69) is 15.6 Å². The van der Waals surface area contributed by atoms with Crippen molar-refractivity contribution in [3.05, 3.63) is 54.4 Å². The molecular formula is C21H26N4O3. The topological polar surface area (TPSA) is 83.6 Å². The minimum absolute atomic E-state index is 0.0211. The molecule has 0 radical (unpaired) electrons. The second kappa shape index (κ2) is 9.73. The molecule has 7 heteroatoms. The van der Waals surface area contributed by atoms with Gasteiger partial charge in [0.1, 0.15) is 5.75 Å². The first-order valence-electron chi connectivity index (χ1n) is 9.62. The first-order valence-corrected chi connectivity index (χ1v) is 9.62. The van der Waals surface area contributed by atoms with Gasteiger partial charge >= 0.3 is 6.03 Å². The van der Waals surface area contributed by atoms with Crippen LogP contribution in [-0.4, -0.2) is 48.1 Å². The van der Waals surface area contributed by atoms with Crippen LogP contribution in [0.25, 0.3) is 0 Å². The minimum atomic E-state index is -0.224. The third-order valence-corrected chi connectivity index (χ3v) is 4.78. The number of hydrogen-bond acceptors (Lipinski definition) is 4. The summed E-state index contributed by atoms with van der Waals surface area (Å²) in [6.07, 6.45) is 5.00. The van der Waals surface area contributed by atoms with Gasteiger partial charge in [0.05, 0.1) is 12.2 Å². The van der Waals surface area contributed by atoms with Crippen LogP contribution >= 0.6 is 0 Å². The standard InChI is InChI=1S/C21H26N4O3/c1-2-28-19-7-5-18(6-8-19)24-21(27)23-14-16-9-12-25(13-10-16)20(26)17-4-3-11-22-15-17/h3-8,11,15-16H,2,9-10,12-14H2,1H3,(H2,23,24,27). The van der Waals surface area contributed by atoms with Crippen molar-refractivity contribution >= 4 is 17.6 Å². The van der Waals surface area contributed by atoms with Gasteiger partial charge in [-0.15, -0.1) is 0 Å². The van der Waals surface area contributed by atoms with Gasteiger partial charge in [-0.25, -0.2) is 4.79 Å². The fourth-order valence-corrected chi connectivity index (χ4v) is 3.23. The smallest absolute Gasteiger partial charge is 0.319 e. The van der Waals surface area contributed by atoms with Crippen LogP contribution in [0.3, 0.4) is 0 Å². The van der Waals surface area contributed by atoms with Gasteiger partial charge in [0, 0.05) is 37.7 Å². The Labute approximate surface area is 165 Å². The van der Waals surface area contributed by atoms with Crippen LogP contribution in [0.2, 0.25) is 0 Å². The fraction of sp³-hybridized carbons (Fsp3) is 0.381. The van der Waals surface area contributed by atoms with Gasteiger partial charge in [-0.2, -0.15) is 0 Å². The van der Waals surface area contributed by atoms with E-state index in [1.165, 1.54) is 0 Å². The second-order valence-electron chi connectivity index (χ2n) is 6.77. The summed E-state index contributed by atoms with van der Waals surface area (Å²) < 4.78 is 5.39. The van der Waals surface area contributed by atoms with Crippen molar-refractivity contribution in [3.8, 4) is 5.75 Å². The molecule has 1 aromatic heterocycles. The van der Waals surface area contributed by atoms with Crippen molar-refractivity contribution in [3.63, 3.8) is 0 Å². The first-order chi connectivity index (χ1) is 13.7. The van der Waals surface area contributed by atoms with E-state index in [9.17, 15) is 9.59 Å². The molecule has 0 saturated carbocycles. The van der Waals surface area contributed by atoms with Gasteiger partial charge in [0.2, 0.25) is 0 Å². The van der Waals surface area contributed by atoms with Crippen molar-refractivity contribution in [2.75, 3.05) is 31.6 Å². The van der Waals surface area contributed by atoms with E-state index in [1.54, 1.807) is 24.5 Å². The Kier molecular flexibility index (Phi) is 6.84. The highest BCUT2D eigenvalue weighted by atomic mass is 16.5. The predicted octanol–water partition coefficient (Wildman–Crippen LogP) is 3.15. The minimum Gasteiger partial charge on any atom is -0.494 e. The average Bonchev–Trinajstić information content (AvgIpc) is 2.74. The molecule has 1 aliphatic heterocycles. The molecule has 1 fully saturated rings. The third-order valence-electron chi connectivity index (χ3n) is 4.78. The van der Waals surface area contributed by atoms with Crippen LogP contribution < -0.4 is 15.4 Å². The molecule has 3 amide bonds. The predicted molar refractivity (Wildman–Crippen MR) is 107 cm³/mol. The highest BCUT2D eigenvalue weighted by molar-refractivity contribution is 5.94. The van der Waals surface area contributed by atoms with E-state index in [0.717, 1.165) is 24.3 Å². The molecule has 0 bridgehead atoms. The van der Waals surface area contributed by atoms with E-state index in [1.807, 2.05) is 36.1 Å². The Balaban J connectivity index is 1.39. The summed E-state index contributed by atoms with van der Waals surface area (Å²) in [5, 5.41) is 5.74. The normalized spacial score (nSPS) is 14.4. The van der Waals surface area contributed by atoms with E-state index < -0.39 is 0 Å². The van der Waals surface area contributed by atoms with Gasteiger partial charge < -0.3 is 20.3 Å². The molecule has 3 rings (SSSR count). The molecule has 2 N–H and O–H groups in total. The van der Waals surface area contributed by atoms with Crippen LogP contribution in [0, 0.1) is 5.92 Å². The van der Waals surface area contributed by atoms with Gasteiger partial charge in [-0.1, -0.05) is 0 Å². The summed E-state index contributed by atoms with van der Waals surface area (Å²) in [6, 6.07) is 10.6. The number of hydrogen-bond donors (Lipinski definition) is 2. The highest BCUT2D eigenvalue weighted by Gasteiger charge is 2.24. The lowest BCUT2D eigenvalue weighted by Gasteiger charge is -2.32. The molecule has 2 aromatic rings. The number of piperidine rings is 1. The maximum absolute atomic E-state index is 12.4. The van der Waals surface area contributed by atoms with E-state index in [0.29, 0.717) is 37.7 Å². The lowest BCUT2D eigenvalue weighted by Crippen LogP contribution is -2.42. The number of amides is 3. The molecule has 28 heavy (non-hydrogen) atoms. The van der Waals surface area contributed by atoms with Crippen molar-refractivity contribution < 1.29 is 14.3 Å². The Morgan fingerprint density at radius 3 is 2.57 bits per heavy atom. The van der Waals surface area contributed by atoms with E-state index in [-0.39, 0.29) is 11.9 Å². The number of urea groups is 1. The maximum Gasteiger partial charge on any atom is 0.319 e. The molecular weight excluding hydrogens is 356 g/mol. The molecule has 0 aliphatic carbocycles. The zero-order valence-electron chi connectivity index (χ0n) is 16.1. The molecule has 1 aliphatic rings. The zero-order chi connectivity index (χ0) is 19.8. The SMILES string of the molecule is CCOc1ccc(NC(=O)NCC2CCN(C(=O)c3cccnc3)CC2)cc1. The number of anilines is 1. The monoisotopic (exact) mass is 382 g/mol.